The second-order valence-corrected chi connectivity index (χ2v) is 5.17. The van der Waals surface area contributed by atoms with Crippen LogP contribution in [0.15, 0.2) is 18.2 Å². The summed E-state index contributed by atoms with van der Waals surface area (Å²) in [4.78, 5) is 23.5. The van der Waals surface area contributed by atoms with E-state index < -0.39 is 0 Å². The van der Waals surface area contributed by atoms with E-state index in [1.54, 1.807) is 13.8 Å². The first-order chi connectivity index (χ1) is 10.6. The lowest BCUT2D eigenvalue weighted by molar-refractivity contribution is -0.143. The monoisotopic (exact) mass is 306 g/mol. The third-order valence-electron chi connectivity index (χ3n) is 3.37. The third-order valence-corrected chi connectivity index (χ3v) is 3.37. The van der Waals surface area contributed by atoms with Gasteiger partial charge in [-0.1, -0.05) is 31.5 Å². The van der Waals surface area contributed by atoms with Crippen molar-refractivity contribution in [3.05, 3.63) is 34.9 Å². The second-order valence-electron chi connectivity index (χ2n) is 5.17. The standard InChI is InChI=1S/C18H26O4/c1-4-7-8-14-9-10-15(12-17(19)21-5-2)16(11-14)13-18(20)22-6-3/h9-11H,4-8,12-13H2,1-3H3. The summed E-state index contributed by atoms with van der Waals surface area (Å²) in [6.07, 6.45) is 3.60. The highest BCUT2D eigenvalue weighted by Gasteiger charge is 2.13. The van der Waals surface area contributed by atoms with E-state index in [4.69, 9.17) is 9.47 Å². The van der Waals surface area contributed by atoms with Gasteiger partial charge in [0.15, 0.2) is 0 Å². The van der Waals surface area contributed by atoms with Crippen molar-refractivity contribution in [1.29, 1.82) is 0 Å². The number of ether oxygens (including phenoxy) is 2. The molecule has 0 aromatic heterocycles. The van der Waals surface area contributed by atoms with Gasteiger partial charge in [0, 0.05) is 0 Å². The minimum absolute atomic E-state index is 0.191. The topological polar surface area (TPSA) is 52.6 Å². The molecule has 0 N–H and O–H groups in total. The zero-order valence-corrected chi connectivity index (χ0v) is 13.8. The van der Waals surface area contributed by atoms with E-state index in [1.165, 1.54) is 5.56 Å². The number of hydrogen-bond donors (Lipinski definition) is 0. The lowest BCUT2D eigenvalue weighted by Crippen LogP contribution is -2.13. The van der Waals surface area contributed by atoms with Gasteiger partial charge in [0.1, 0.15) is 0 Å². The van der Waals surface area contributed by atoms with E-state index in [0.717, 1.165) is 30.4 Å². The Hall–Kier alpha value is -1.84. The first kappa shape index (κ1) is 18.2. The summed E-state index contributed by atoms with van der Waals surface area (Å²) < 4.78 is 10.0. The predicted molar refractivity (Wildman–Crippen MR) is 85.7 cm³/mol. The van der Waals surface area contributed by atoms with E-state index in [-0.39, 0.29) is 24.8 Å². The molecule has 1 aromatic carbocycles. The quantitative estimate of drug-likeness (QED) is 0.657. The molecule has 0 aliphatic rings. The number of carbonyl (C=O) groups excluding carboxylic acids is 2. The third kappa shape index (κ3) is 6.29. The maximum Gasteiger partial charge on any atom is 0.310 e. The van der Waals surface area contributed by atoms with Crippen molar-refractivity contribution in [2.45, 2.75) is 52.9 Å². The molecule has 0 radical (unpaired) electrons. The molecule has 0 amide bonds. The minimum Gasteiger partial charge on any atom is -0.466 e. The average Bonchev–Trinajstić information content (AvgIpc) is 2.48. The van der Waals surface area contributed by atoms with Crippen molar-refractivity contribution in [1.82, 2.24) is 0 Å². The van der Waals surface area contributed by atoms with Crippen LogP contribution in [0.2, 0.25) is 0 Å². The van der Waals surface area contributed by atoms with Gasteiger partial charge in [-0.25, -0.2) is 0 Å². The zero-order valence-electron chi connectivity index (χ0n) is 13.8. The van der Waals surface area contributed by atoms with Crippen LogP contribution in [0.5, 0.6) is 0 Å². The van der Waals surface area contributed by atoms with E-state index in [0.29, 0.717) is 13.2 Å². The summed E-state index contributed by atoms with van der Waals surface area (Å²) in [6.45, 7) is 6.44. The Labute approximate surface area is 132 Å². The van der Waals surface area contributed by atoms with Crippen LogP contribution in [0.3, 0.4) is 0 Å². The molecular weight excluding hydrogens is 280 g/mol. The number of esters is 2. The van der Waals surface area contributed by atoms with Crippen LogP contribution in [0.25, 0.3) is 0 Å². The Bertz CT molecular complexity index is 494. The molecule has 0 unspecified atom stereocenters. The van der Waals surface area contributed by atoms with Crippen LogP contribution in [-0.2, 0) is 38.3 Å². The molecule has 0 bridgehead atoms. The van der Waals surface area contributed by atoms with Crippen LogP contribution in [-0.4, -0.2) is 25.2 Å². The number of hydrogen-bond acceptors (Lipinski definition) is 4. The number of benzene rings is 1. The van der Waals surface area contributed by atoms with Gasteiger partial charge >= 0.3 is 11.9 Å². The molecule has 4 heteroatoms. The number of rotatable bonds is 9. The predicted octanol–water partition coefficient (Wildman–Crippen LogP) is 3.24. The van der Waals surface area contributed by atoms with Gasteiger partial charge in [0.2, 0.25) is 0 Å². The fraction of sp³-hybridized carbons (Fsp3) is 0.556. The highest BCUT2D eigenvalue weighted by atomic mass is 16.5. The number of unbranched alkanes of at least 4 members (excludes halogenated alkanes) is 1. The van der Waals surface area contributed by atoms with Gasteiger partial charge in [0.05, 0.1) is 26.1 Å². The fourth-order valence-corrected chi connectivity index (χ4v) is 2.29. The van der Waals surface area contributed by atoms with Gasteiger partial charge in [-0.3, -0.25) is 9.59 Å². The fourth-order valence-electron chi connectivity index (χ4n) is 2.29. The van der Waals surface area contributed by atoms with Gasteiger partial charge < -0.3 is 9.47 Å². The van der Waals surface area contributed by atoms with E-state index in [9.17, 15) is 9.59 Å². The minimum atomic E-state index is -0.270. The average molecular weight is 306 g/mol. The van der Waals surface area contributed by atoms with Crippen LogP contribution in [0.4, 0.5) is 0 Å². The maximum absolute atomic E-state index is 11.8. The number of aryl methyl sites for hydroxylation is 1. The Morgan fingerprint density at radius 3 is 2.05 bits per heavy atom. The molecule has 0 spiro atoms. The van der Waals surface area contributed by atoms with Crippen LogP contribution in [0.1, 0.15) is 50.3 Å². The molecule has 0 atom stereocenters. The van der Waals surface area contributed by atoms with Crippen molar-refractivity contribution in [2.75, 3.05) is 13.2 Å². The Kier molecular flexibility index (Phi) is 8.26. The van der Waals surface area contributed by atoms with Crippen molar-refractivity contribution in [3.63, 3.8) is 0 Å². The van der Waals surface area contributed by atoms with Crippen molar-refractivity contribution >= 4 is 11.9 Å². The molecule has 0 saturated heterocycles. The molecule has 0 aliphatic carbocycles. The summed E-state index contributed by atoms with van der Waals surface area (Å²) in [5.41, 5.74) is 2.89. The highest BCUT2D eigenvalue weighted by Crippen LogP contribution is 2.17. The lowest BCUT2D eigenvalue weighted by atomic mass is 9.97. The summed E-state index contributed by atoms with van der Waals surface area (Å²) >= 11 is 0. The van der Waals surface area contributed by atoms with Crippen molar-refractivity contribution in [3.8, 4) is 0 Å². The van der Waals surface area contributed by atoms with E-state index in [2.05, 4.69) is 6.92 Å². The number of carbonyl (C=O) groups is 2. The summed E-state index contributed by atoms with van der Waals surface area (Å²) in [7, 11) is 0. The summed E-state index contributed by atoms with van der Waals surface area (Å²) in [5, 5.41) is 0. The molecule has 0 saturated carbocycles. The smallest absolute Gasteiger partial charge is 0.310 e. The molecule has 1 aromatic rings. The molecule has 122 valence electrons. The molecule has 0 aliphatic heterocycles. The van der Waals surface area contributed by atoms with Crippen molar-refractivity contribution in [2.24, 2.45) is 0 Å². The summed E-state index contributed by atoms with van der Waals surface area (Å²) in [5.74, 6) is -0.533. The Balaban J connectivity index is 2.92. The van der Waals surface area contributed by atoms with E-state index in [1.807, 2.05) is 18.2 Å². The second kappa shape index (κ2) is 9.98. The SMILES string of the molecule is CCCCc1ccc(CC(=O)OCC)c(CC(=O)OCC)c1. The largest absolute Gasteiger partial charge is 0.466 e. The lowest BCUT2D eigenvalue weighted by Gasteiger charge is -2.11. The molecule has 0 heterocycles. The Morgan fingerprint density at radius 2 is 1.50 bits per heavy atom. The normalized spacial score (nSPS) is 10.3. The molecular formula is C18H26O4. The molecule has 4 nitrogen and oxygen atoms in total. The molecule has 1 rings (SSSR count). The Morgan fingerprint density at radius 1 is 0.909 bits per heavy atom. The first-order valence-corrected chi connectivity index (χ1v) is 8.02. The van der Waals surface area contributed by atoms with Gasteiger partial charge in [-0.2, -0.15) is 0 Å². The maximum atomic E-state index is 11.8. The van der Waals surface area contributed by atoms with Crippen molar-refractivity contribution < 1.29 is 19.1 Å². The van der Waals surface area contributed by atoms with Crippen LogP contribution < -0.4 is 0 Å². The molecule has 22 heavy (non-hydrogen) atoms. The van der Waals surface area contributed by atoms with E-state index >= 15 is 0 Å². The zero-order chi connectivity index (χ0) is 16.4. The van der Waals surface area contributed by atoms with Crippen LogP contribution >= 0.6 is 0 Å². The van der Waals surface area contributed by atoms with Gasteiger partial charge in [0.25, 0.3) is 0 Å². The van der Waals surface area contributed by atoms with Gasteiger partial charge in [-0.05, 0) is 43.4 Å². The summed E-state index contributed by atoms with van der Waals surface area (Å²) in [6, 6.07) is 5.97. The first-order valence-electron chi connectivity index (χ1n) is 8.02. The molecule has 0 fully saturated rings. The van der Waals surface area contributed by atoms with Gasteiger partial charge in [-0.15, -0.1) is 0 Å². The van der Waals surface area contributed by atoms with Crippen LogP contribution in [0, 0.1) is 0 Å². The highest BCUT2D eigenvalue weighted by molar-refractivity contribution is 5.76.